The molecule has 0 bridgehead atoms. The highest BCUT2D eigenvalue weighted by Gasteiger charge is 2.28. The number of nitriles is 1. The molecule has 2 atom stereocenters. The van der Waals surface area contributed by atoms with Crippen LogP contribution in [0.5, 0.6) is 11.5 Å². The van der Waals surface area contributed by atoms with E-state index < -0.39 is 0 Å². The van der Waals surface area contributed by atoms with Crippen LogP contribution in [0.4, 0.5) is 4.39 Å². The van der Waals surface area contributed by atoms with Gasteiger partial charge in [-0.05, 0) is 60.7 Å². The standard InChI is InChI=1S/C34H29ClFN5O2/c1-21(31-11-12-40-41-31)39-19-24-14-29(35)34(15-33(24)42-20-23-13-22(16-37)17-38-18-23)43-32-10-9-26-25(6-4-7-28(26)32)27-5-2-3-8-30(27)36/h2-8,11-15,17-18,21,32,39H,9-10,19-20H2,1H3,(H,40,41)/t21?,32-/m0/s1. The van der Waals surface area contributed by atoms with Gasteiger partial charge >= 0.3 is 0 Å². The van der Waals surface area contributed by atoms with Crippen LogP contribution in [-0.2, 0) is 19.6 Å². The Hall–Kier alpha value is -4.71. The van der Waals surface area contributed by atoms with Gasteiger partial charge in [0.25, 0.3) is 0 Å². The molecule has 1 aliphatic carbocycles. The van der Waals surface area contributed by atoms with E-state index in [0.29, 0.717) is 34.2 Å². The van der Waals surface area contributed by atoms with E-state index in [9.17, 15) is 9.65 Å². The molecule has 0 fully saturated rings. The Labute approximate surface area is 254 Å². The maximum absolute atomic E-state index is 14.7. The Morgan fingerprint density at radius 3 is 2.77 bits per heavy atom. The van der Waals surface area contributed by atoms with Crippen molar-refractivity contribution in [2.45, 2.75) is 45.1 Å². The second-order valence-electron chi connectivity index (χ2n) is 10.5. The van der Waals surface area contributed by atoms with Crippen LogP contribution in [0.3, 0.4) is 0 Å². The predicted octanol–water partition coefficient (Wildman–Crippen LogP) is 7.63. The van der Waals surface area contributed by atoms with Crippen LogP contribution in [0, 0.1) is 17.1 Å². The molecule has 1 unspecified atom stereocenters. The van der Waals surface area contributed by atoms with Crippen molar-refractivity contribution in [3.05, 3.63) is 130 Å². The predicted molar refractivity (Wildman–Crippen MR) is 162 cm³/mol. The number of nitrogens with one attached hydrogen (secondary N) is 2. The first-order chi connectivity index (χ1) is 21.0. The number of hydrogen-bond acceptors (Lipinski definition) is 6. The molecule has 2 N–H and O–H groups in total. The molecule has 0 saturated heterocycles. The largest absolute Gasteiger partial charge is 0.488 e. The molecule has 6 rings (SSSR count). The number of hydrogen-bond donors (Lipinski definition) is 2. The van der Waals surface area contributed by atoms with Crippen LogP contribution >= 0.6 is 11.6 Å². The molecule has 1 aliphatic rings. The third kappa shape index (κ3) is 6.24. The topological polar surface area (TPSA) is 95.8 Å². The van der Waals surface area contributed by atoms with Crippen molar-refractivity contribution >= 4 is 11.6 Å². The Balaban J connectivity index is 1.27. The normalized spacial score (nSPS) is 14.6. The zero-order chi connectivity index (χ0) is 29.8. The molecule has 9 heteroatoms. The van der Waals surface area contributed by atoms with Crippen molar-refractivity contribution in [1.82, 2.24) is 20.5 Å². The minimum absolute atomic E-state index is 0.0141. The second-order valence-corrected chi connectivity index (χ2v) is 10.9. The number of aromatic nitrogens is 3. The number of ether oxygens (including phenoxy) is 2. The molecule has 0 aliphatic heterocycles. The number of benzene rings is 3. The monoisotopic (exact) mass is 593 g/mol. The molecule has 0 amide bonds. The van der Waals surface area contributed by atoms with E-state index in [0.717, 1.165) is 46.4 Å². The molecule has 216 valence electrons. The summed E-state index contributed by atoms with van der Waals surface area (Å²) in [6.45, 7) is 2.73. The van der Waals surface area contributed by atoms with Crippen molar-refractivity contribution in [2.75, 3.05) is 0 Å². The third-order valence-electron chi connectivity index (χ3n) is 7.67. The molecular formula is C34H29ClFN5O2. The van der Waals surface area contributed by atoms with Gasteiger partial charge < -0.3 is 14.8 Å². The average Bonchev–Trinajstić information content (AvgIpc) is 3.72. The van der Waals surface area contributed by atoms with E-state index in [-0.39, 0.29) is 24.6 Å². The van der Waals surface area contributed by atoms with Crippen molar-refractivity contribution in [2.24, 2.45) is 0 Å². The van der Waals surface area contributed by atoms with Gasteiger partial charge in [-0.1, -0.05) is 48.0 Å². The summed E-state index contributed by atoms with van der Waals surface area (Å²) in [5.74, 6) is 0.858. The molecule has 0 saturated carbocycles. The summed E-state index contributed by atoms with van der Waals surface area (Å²) in [5.41, 5.74) is 6.63. The average molecular weight is 594 g/mol. The van der Waals surface area contributed by atoms with Gasteiger partial charge in [-0.2, -0.15) is 10.4 Å². The summed E-state index contributed by atoms with van der Waals surface area (Å²) in [5, 5.41) is 20.2. The fourth-order valence-electron chi connectivity index (χ4n) is 5.43. The summed E-state index contributed by atoms with van der Waals surface area (Å²) >= 11 is 6.81. The SMILES string of the molecule is CC(NCc1cc(Cl)c(O[C@H]2CCc3c(-c4ccccc4F)cccc32)cc1OCc1cncc(C#N)c1)c1ccn[nH]1. The molecular weight excluding hydrogens is 565 g/mol. The van der Waals surface area contributed by atoms with Crippen LogP contribution in [0.25, 0.3) is 11.1 Å². The minimum atomic E-state index is -0.244. The number of halogens is 2. The van der Waals surface area contributed by atoms with Gasteiger partial charge in [0, 0.05) is 53.9 Å². The fraction of sp³-hybridized carbons (Fsp3) is 0.206. The number of pyridine rings is 1. The molecule has 0 spiro atoms. The van der Waals surface area contributed by atoms with Gasteiger partial charge in [-0.15, -0.1) is 0 Å². The summed E-state index contributed by atoms with van der Waals surface area (Å²) in [4.78, 5) is 4.14. The molecule has 0 radical (unpaired) electrons. The summed E-state index contributed by atoms with van der Waals surface area (Å²) in [6, 6.07) is 22.2. The Bertz CT molecular complexity index is 1790. The Morgan fingerprint density at radius 1 is 1.09 bits per heavy atom. The highest BCUT2D eigenvalue weighted by molar-refractivity contribution is 6.32. The lowest BCUT2D eigenvalue weighted by Crippen LogP contribution is -2.19. The Morgan fingerprint density at radius 2 is 1.95 bits per heavy atom. The highest BCUT2D eigenvalue weighted by atomic mass is 35.5. The lowest BCUT2D eigenvalue weighted by molar-refractivity contribution is 0.206. The smallest absolute Gasteiger partial charge is 0.142 e. The zero-order valence-corrected chi connectivity index (χ0v) is 24.2. The fourth-order valence-corrected chi connectivity index (χ4v) is 5.66. The van der Waals surface area contributed by atoms with Crippen LogP contribution < -0.4 is 14.8 Å². The Kier molecular flexibility index (Phi) is 8.36. The number of rotatable bonds is 10. The van der Waals surface area contributed by atoms with Gasteiger partial charge in [0.1, 0.15) is 36.1 Å². The molecule has 2 aromatic heterocycles. The van der Waals surface area contributed by atoms with E-state index in [2.05, 4.69) is 26.6 Å². The second kappa shape index (κ2) is 12.7. The zero-order valence-electron chi connectivity index (χ0n) is 23.5. The van der Waals surface area contributed by atoms with E-state index in [1.165, 1.54) is 12.3 Å². The van der Waals surface area contributed by atoms with Gasteiger partial charge in [0.15, 0.2) is 0 Å². The first-order valence-electron chi connectivity index (χ1n) is 14.1. The first-order valence-corrected chi connectivity index (χ1v) is 14.4. The first kappa shape index (κ1) is 28.4. The van der Waals surface area contributed by atoms with Gasteiger partial charge in [0.2, 0.25) is 0 Å². The van der Waals surface area contributed by atoms with Crippen LogP contribution in [-0.4, -0.2) is 15.2 Å². The highest BCUT2D eigenvalue weighted by Crippen LogP contribution is 2.43. The number of nitrogens with zero attached hydrogens (tertiary/aromatic N) is 3. The lowest BCUT2D eigenvalue weighted by atomic mass is 9.96. The van der Waals surface area contributed by atoms with E-state index in [1.807, 2.05) is 49.4 Å². The van der Waals surface area contributed by atoms with E-state index >= 15 is 0 Å². The minimum Gasteiger partial charge on any atom is -0.488 e. The molecule has 2 heterocycles. The number of H-pyrrole nitrogens is 1. The van der Waals surface area contributed by atoms with Gasteiger partial charge in [0.05, 0.1) is 16.3 Å². The number of fused-ring (bicyclic) bond motifs is 1. The van der Waals surface area contributed by atoms with Crippen molar-refractivity contribution in [1.29, 1.82) is 5.26 Å². The van der Waals surface area contributed by atoms with Crippen LogP contribution in [0.1, 0.15) is 59.0 Å². The van der Waals surface area contributed by atoms with Gasteiger partial charge in [-0.3, -0.25) is 10.1 Å². The summed E-state index contributed by atoms with van der Waals surface area (Å²) in [6.07, 6.45) is 6.17. The molecule has 7 nitrogen and oxygen atoms in total. The molecule has 3 aromatic carbocycles. The van der Waals surface area contributed by atoms with E-state index in [1.54, 1.807) is 30.6 Å². The molecule has 43 heavy (non-hydrogen) atoms. The lowest BCUT2D eigenvalue weighted by Gasteiger charge is -2.20. The van der Waals surface area contributed by atoms with Crippen LogP contribution in [0.2, 0.25) is 5.02 Å². The maximum atomic E-state index is 14.7. The molecule has 5 aromatic rings. The quantitative estimate of drug-likeness (QED) is 0.173. The summed E-state index contributed by atoms with van der Waals surface area (Å²) in [7, 11) is 0. The van der Waals surface area contributed by atoms with Crippen molar-refractivity contribution in [3.63, 3.8) is 0 Å². The van der Waals surface area contributed by atoms with E-state index in [4.69, 9.17) is 21.1 Å². The third-order valence-corrected chi connectivity index (χ3v) is 7.97. The van der Waals surface area contributed by atoms with Gasteiger partial charge in [-0.25, -0.2) is 4.39 Å². The van der Waals surface area contributed by atoms with Crippen molar-refractivity contribution in [3.8, 4) is 28.7 Å². The summed E-state index contributed by atoms with van der Waals surface area (Å²) < 4.78 is 27.5. The van der Waals surface area contributed by atoms with Crippen LogP contribution in [0.15, 0.2) is 85.3 Å². The number of aromatic amines is 1. The maximum Gasteiger partial charge on any atom is 0.142 e. The van der Waals surface area contributed by atoms with Crippen molar-refractivity contribution < 1.29 is 13.9 Å².